The SMILES string of the molecule is Cc1cccc(CS(=O)(=O)N2CC3CCC(N)C3C2)c1. The van der Waals surface area contributed by atoms with Crippen LogP contribution in [0.2, 0.25) is 0 Å². The lowest BCUT2D eigenvalue weighted by Gasteiger charge is -2.18. The molecular formula is C15H22N2O2S. The monoisotopic (exact) mass is 294 g/mol. The largest absolute Gasteiger partial charge is 0.327 e. The lowest BCUT2D eigenvalue weighted by molar-refractivity contribution is 0.426. The fourth-order valence-electron chi connectivity index (χ4n) is 3.60. The number of rotatable bonds is 3. The van der Waals surface area contributed by atoms with Crippen LogP contribution < -0.4 is 5.73 Å². The van der Waals surface area contributed by atoms with Crippen LogP contribution in [0.1, 0.15) is 24.0 Å². The van der Waals surface area contributed by atoms with E-state index in [4.69, 9.17) is 5.73 Å². The highest BCUT2D eigenvalue weighted by atomic mass is 32.2. The van der Waals surface area contributed by atoms with Gasteiger partial charge in [-0.3, -0.25) is 0 Å². The second kappa shape index (κ2) is 5.13. The number of nitrogens with zero attached hydrogens (tertiary/aromatic N) is 1. The summed E-state index contributed by atoms with van der Waals surface area (Å²) in [7, 11) is -3.22. The Balaban J connectivity index is 1.73. The summed E-state index contributed by atoms with van der Waals surface area (Å²) in [5, 5.41) is 0. The predicted molar refractivity (Wildman–Crippen MR) is 79.6 cm³/mol. The fourth-order valence-corrected chi connectivity index (χ4v) is 5.20. The molecule has 1 aromatic rings. The lowest BCUT2D eigenvalue weighted by atomic mass is 9.98. The maximum Gasteiger partial charge on any atom is 0.218 e. The molecule has 1 saturated carbocycles. The molecular weight excluding hydrogens is 272 g/mol. The number of nitrogens with two attached hydrogens (primary N) is 1. The normalized spacial score (nSPS) is 30.6. The first-order chi connectivity index (χ1) is 9.45. The van der Waals surface area contributed by atoms with E-state index >= 15 is 0 Å². The molecule has 2 aliphatic rings. The smallest absolute Gasteiger partial charge is 0.218 e. The van der Waals surface area contributed by atoms with Gasteiger partial charge >= 0.3 is 0 Å². The van der Waals surface area contributed by atoms with Crippen molar-refractivity contribution < 1.29 is 8.42 Å². The molecule has 0 amide bonds. The Morgan fingerprint density at radius 2 is 2.10 bits per heavy atom. The average Bonchev–Trinajstić information content (AvgIpc) is 2.92. The van der Waals surface area contributed by atoms with Crippen molar-refractivity contribution in [3.05, 3.63) is 35.4 Å². The minimum Gasteiger partial charge on any atom is -0.327 e. The number of hydrogen-bond acceptors (Lipinski definition) is 3. The number of fused-ring (bicyclic) bond motifs is 1. The van der Waals surface area contributed by atoms with Crippen LogP contribution in [0, 0.1) is 18.8 Å². The summed E-state index contributed by atoms with van der Waals surface area (Å²) in [6.45, 7) is 3.25. The van der Waals surface area contributed by atoms with E-state index < -0.39 is 10.0 Å². The van der Waals surface area contributed by atoms with Gasteiger partial charge in [-0.15, -0.1) is 0 Å². The molecule has 1 saturated heterocycles. The first kappa shape index (κ1) is 14.0. The van der Waals surface area contributed by atoms with Crippen LogP contribution in [0.15, 0.2) is 24.3 Å². The molecule has 1 heterocycles. The summed E-state index contributed by atoms with van der Waals surface area (Å²) in [6.07, 6.45) is 2.11. The summed E-state index contributed by atoms with van der Waals surface area (Å²) >= 11 is 0. The molecule has 2 fully saturated rings. The topological polar surface area (TPSA) is 63.4 Å². The lowest BCUT2D eigenvalue weighted by Crippen LogP contribution is -2.34. The molecule has 3 rings (SSSR count). The van der Waals surface area contributed by atoms with Crippen molar-refractivity contribution in [3.63, 3.8) is 0 Å². The molecule has 110 valence electrons. The van der Waals surface area contributed by atoms with E-state index in [1.54, 1.807) is 4.31 Å². The van der Waals surface area contributed by atoms with Crippen LogP contribution in [0.3, 0.4) is 0 Å². The van der Waals surface area contributed by atoms with Gasteiger partial charge in [0.25, 0.3) is 0 Å². The molecule has 3 atom stereocenters. The highest BCUT2D eigenvalue weighted by molar-refractivity contribution is 7.88. The summed E-state index contributed by atoms with van der Waals surface area (Å²) in [6, 6.07) is 7.90. The highest BCUT2D eigenvalue weighted by Gasteiger charge is 2.44. The van der Waals surface area contributed by atoms with E-state index in [0.29, 0.717) is 24.9 Å². The van der Waals surface area contributed by atoms with Crippen molar-refractivity contribution in [2.45, 2.75) is 31.6 Å². The van der Waals surface area contributed by atoms with E-state index in [0.717, 1.165) is 24.0 Å². The quantitative estimate of drug-likeness (QED) is 0.918. The second-order valence-corrected chi connectivity index (χ2v) is 8.20. The minimum absolute atomic E-state index is 0.101. The number of benzene rings is 1. The highest BCUT2D eigenvalue weighted by Crippen LogP contribution is 2.38. The van der Waals surface area contributed by atoms with Gasteiger partial charge in [0, 0.05) is 19.1 Å². The van der Waals surface area contributed by atoms with Gasteiger partial charge in [-0.1, -0.05) is 29.8 Å². The van der Waals surface area contributed by atoms with Gasteiger partial charge in [0.2, 0.25) is 10.0 Å². The Labute approximate surface area is 121 Å². The summed E-state index contributed by atoms with van der Waals surface area (Å²) in [5.41, 5.74) is 8.04. The fraction of sp³-hybridized carbons (Fsp3) is 0.600. The Bertz CT molecular complexity index is 600. The molecule has 0 spiro atoms. The van der Waals surface area contributed by atoms with Gasteiger partial charge < -0.3 is 5.73 Å². The first-order valence-corrected chi connectivity index (χ1v) is 8.85. The van der Waals surface area contributed by atoms with Gasteiger partial charge in [0.1, 0.15) is 0 Å². The third kappa shape index (κ3) is 2.62. The maximum absolute atomic E-state index is 12.5. The molecule has 1 aliphatic carbocycles. The molecule has 20 heavy (non-hydrogen) atoms. The van der Waals surface area contributed by atoms with E-state index in [2.05, 4.69) is 0 Å². The van der Waals surface area contributed by atoms with Crippen molar-refractivity contribution in [1.29, 1.82) is 0 Å². The van der Waals surface area contributed by atoms with Gasteiger partial charge in [-0.25, -0.2) is 12.7 Å². The van der Waals surface area contributed by atoms with Crippen LogP contribution in [-0.2, 0) is 15.8 Å². The van der Waals surface area contributed by atoms with Gasteiger partial charge in [-0.2, -0.15) is 0 Å². The summed E-state index contributed by atoms with van der Waals surface area (Å²) in [5.74, 6) is 0.933. The average molecular weight is 294 g/mol. The van der Waals surface area contributed by atoms with Crippen molar-refractivity contribution >= 4 is 10.0 Å². The second-order valence-electron chi connectivity index (χ2n) is 6.23. The van der Waals surface area contributed by atoms with Crippen LogP contribution in [0.5, 0.6) is 0 Å². The third-order valence-electron chi connectivity index (χ3n) is 4.70. The molecule has 0 bridgehead atoms. The Morgan fingerprint density at radius 3 is 2.80 bits per heavy atom. The summed E-state index contributed by atoms with van der Waals surface area (Å²) < 4.78 is 26.7. The van der Waals surface area contributed by atoms with Crippen molar-refractivity contribution in [1.82, 2.24) is 4.31 Å². The van der Waals surface area contributed by atoms with Gasteiger partial charge in [-0.05, 0) is 37.2 Å². The molecule has 1 aliphatic heterocycles. The van der Waals surface area contributed by atoms with Crippen LogP contribution in [0.4, 0.5) is 0 Å². The summed E-state index contributed by atoms with van der Waals surface area (Å²) in [4.78, 5) is 0. The van der Waals surface area contributed by atoms with Crippen molar-refractivity contribution in [2.75, 3.05) is 13.1 Å². The van der Waals surface area contributed by atoms with Gasteiger partial charge in [0.15, 0.2) is 0 Å². The Hall–Kier alpha value is -0.910. The zero-order valence-corrected chi connectivity index (χ0v) is 12.6. The molecule has 2 N–H and O–H groups in total. The van der Waals surface area contributed by atoms with Gasteiger partial charge in [0.05, 0.1) is 5.75 Å². The molecule has 5 heteroatoms. The molecule has 4 nitrogen and oxygen atoms in total. The van der Waals surface area contributed by atoms with Crippen molar-refractivity contribution in [3.8, 4) is 0 Å². The molecule has 0 radical (unpaired) electrons. The number of sulfonamides is 1. The van der Waals surface area contributed by atoms with E-state index in [9.17, 15) is 8.42 Å². The maximum atomic E-state index is 12.5. The van der Waals surface area contributed by atoms with Crippen molar-refractivity contribution in [2.24, 2.45) is 17.6 Å². The number of aryl methyl sites for hydroxylation is 1. The van der Waals surface area contributed by atoms with Crippen LogP contribution in [-0.4, -0.2) is 31.9 Å². The molecule has 1 aromatic carbocycles. The first-order valence-electron chi connectivity index (χ1n) is 7.24. The van der Waals surface area contributed by atoms with E-state index in [-0.39, 0.29) is 11.8 Å². The zero-order valence-electron chi connectivity index (χ0n) is 11.8. The molecule has 3 unspecified atom stereocenters. The van der Waals surface area contributed by atoms with E-state index in [1.807, 2.05) is 31.2 Å². The Kier molecular flexibility index (Phi) is 3.60. The number of hydrogen-bond donors (Lipinski definition) is 1. The predicted octanol–water partition coefficient (Wildman–Crippen LogP) is 1.49. The third-order valence-corrected chi connectivity index (χ3v) is 6.49. The zero-order chi connectivity index (χ0) is 14.3. The standard InChI is InChI=1S/C15H22N2O2S/c1-11-3-2-4-12(7-11)10-20(18,19)17-8-13-5-6-15(16)14(13)9-17/h2-4,7,13-15H,5-6,8-10,16H2,1H3. The van der Waals surface area contributed by atoms with Crippen LogP contribution >= 0.6 is 0 Å². The van der Waals surface area contributed by atoms with E-state index in [1.165, 1.54) is 0 Å². The van der Waals surface area contributed by atoms with Crippen LogP contribution in [0.25, 0.3) is 0 Å². The Morgan fingerprint density at radius 1 is 1.30 bits per heavy atom. The molecule has 0 aromatic heterocycles. The minimum atomic E-state index is -3.22.